The van der Waals surface area contributed by atoms with Gasteiger partial charge in [0, 0.05) is 42.5 Å². The fourth-order valence-electron chi connectivity index (χ4n) is 3.59. The lowest BCUT2D eigenvalue weighted by molar-refractivity contribution is -0.125. The minimum atomic E-state index is 0.0575. The van der Waals surface area contributed by atoms with Crippen LogP contribution >= 0.6 is 11.3 Å². The van der Waals surface area contributed by atoms with E-state index in [9.17, 15) is 4.79 Å². The normalized spacial score (nSPS) is 22.4. The Morgan fingerprint density at radius 1 is 1.42 bits per heavy atom. The highest BCUT2D eigenvalue weighted by Gasteiger charge is 2.31. The Kier molecular flexibility index (Phi) is 4.35. The third-order valence-corrected chi connectivity index (χ3v) is 5.86. The molecule has 1 atom stereocenters. The third kappa shape index (κ3) is 3.22. The number of carbonyl (C=O) groups excluding carboxylic acids is 1. The smallest absolute Gasteiger partial charge is 0.222 e. The standard InChI is InChI=1S/C18H26N4OS/c1-12(2)17(23)19-14-4-3-7-21(10-14)11-15-16(13-5-6-13)20-18-22(15)8-9-24-18/h8-9,12-14H,3-7,10-11H2,1-2H3,(H,19,23)/t14-/m0/s1. The lowest BCUT2D eigenvalue weighted by Crippen LogP contribution is -2.48. The third-order valence-electron chi connectivity index (χ3n) is 5.11. The van der Waals surface area contributed by atoms with Crippen LogP contribution in [0.3, 0.4) is 0 Å². The molecule has 1 aliphatic heterocycles. The molecule has 5 nitrogen and oxygen atoms in total. The second-order valence-corrected chi connectivity index (χ2v) is 8.38. The van der Waals surface area contributed by atoms with Gasteiger partial charge >= 0.3 is 0 Å². The van der Waals surface area contributed by atoms with E-state index in [-0.39, 0.29) is 17.9 Å². The number of nitrogens with one attached hydrogen (secondary N) is 1. The van der Waals surface area contributed by atoms with Crippen LogP contribution in [-0.4, -0.2) is 39.3 Å². The Morgan fingerprint density at radius 2 is 2.25 bits per heavy atom. The average Bonchev–Trinajstić information content (AvgIpc) is 3.20. The summed E-state index contributed by atoms with van der Waals surface area (Å²) in [4.78, 5) is 20.5. The van der Waals surface area contributed by atoms with Crippen LogP contribution < -0.4 is 5.32 Å². The molecular weight excluding hydrogens is 320 g/mol. The minimum absolute atomic E-state index is 0.0575. The lowest BCUT2D eigenvalue weighted by Gasteiger charge is -2.33. The first-order valence-electron chi connectivity index (χ1n) is 9.09. The number of hydrogen-bond donors (Lipinski definition) is 1. The predicted octanol–water partition coefficient (Wildman–Crippen LogP) is 3.01. The molecule has 2 aromatic rings. The SMILES string of the molecule is CC(C)C(=O)N[C@H]1CCCN(Cc2c(C3CC3)nc3sccn23)C1. The molecule has 0 bridgehead atoms. The van der Waals surface area contributed by atoms with E-state index in [2.05, 4.69) is 26.2 Å². The molecule has 24 heavy (non-hydrogen) atoms. The molecule has 1 saturated heterocycles. The van der Waals surface area contributed by atoms with E-state index in [1.165, 1.54) is 24.2 Å². The van der Waals surface area contributed by atoms with Crippen LogP contribution in [0.4, 0.5) is 0 Å². The van der Waals surface area contributed by atoms with Gasteiger partial charge in [0.15, 0.2) is 4.96 Å². The van der Waals surface area contributed by atoms with Crippen molar-refractivity contribution in [1.29, 1.82) is 0 Å². The van der Waals surface area contributed by atoms with E-state index in [1.54, 1.807) is 11.3 Å². The molecule has 1 N–H and O–H groups in total. The van der Waals surface area contributed by atoms with Crippen molar-refractivity contribution >= 4 is 22.2 Å². The molecule has 1 saturated carbocycles. The van der Waals surface area contributed by atoms with Crippen LogP contribution in [0.25, 0.3) is 4.96 Å². The summed E-state index contributed by atoms with van der Waals surface area (Å²) in [5.41, 5.74) is 2.68. The molecule has 2 aromatic heterocycles. The van der Waals surface area contributed by atoms with Crippen LogP contribution in [0.2, 0.25) is 0 Å². The lowest BCUT2D eigenvalue weighted by atomic mass is 10.0. The summed E-state index contributed by atoms with van der Waals surface area (Å²) in [5, 5.41) is 5.32. The fourth-order valence-corrected chi connectivity index (χ4v) is 4.33. The first-order valence-corrected chi connectivity index (χ1v) is 9.97. The zero-order chi connectivity index (χ0) is 16.7. The second-order valence-electron chi connectivity index (χ2n) is 7.51. The van der Waals surface area contributed by atoms with Gasteiger partial charge in [-0.05, 0) is 32.2 Å². The van der Waals surface area contributed by atoms with Gasteiger partial charge in [-0.1, -0.05) is 13.8 Å². The first-order chi connectivity index (χ1) is 11.6. The van der Waals surface area contributed by atoms with E-state index in [0.717, 1.165) is 37.4 Å². The fraction of sp³-hybridized carbons (Fsp3) is 0.667. The summed E-state index contributed by atoms with van der Waals surface area (Å²) >= 11 is 1.72. The number of likely N-dealkylation sites (tertiary alicyclic amines) is 1. The monoisotopic (exact) mass is 346 g/mol. The Bertz CT molecular complexity index is 731. The molecule has 0 unspecified atom stereocenters. The molecule has 2 aliphatic rings. The summed E-state index contributed by atoms with van der Waals surface area (Å²) in [6, 6.07) is 0.281. The molecular formula is C18H26N4OS. The van der Waals surface area contributed by atoms with Crippen molar-refractivity contribution in [2.24, 2.45) is 5.92 Å². The molecule has 1 aliphatic carbocycles. The Morgan fingerprint density at radius 3 is 3.00 bits per heavy atom. The topological polar surface area (TPSA) is 49.6 Å². The minimum Gasteiger partial charge on any atom is -0.352 e. The zero-order valence-corrected chi connectivity index (χ0v) is 15.3. The van der Waals surface area contributed by atoms with Gasteiger partial charge in [-0.15, -0.1) is 11.3 Å². The van der Waals surface area contributed by atoms with E-state index >= 15 is 0 Å². The van der Waals surface area contributed by atoms with Crippen LogP contribution in [0.5, 0.6) is 0 Å². The van der Waals surface area contributed by atoms with Crippen molar-refractivity contribution in [3.8, 4) is 0 Å². The molecule has 4 rings (SSSR count). The number of imidazole rings is 1. The van der Waals surface area contributed by atoms with Gasteiger partial charge in [0.1, 0.15) is 0 Å². The Labute approximate surface area is 147 Å². The highest BCUT2D eigenvalue weighted by molar-refractivity contribution is 7.15. The van der Waals surface area contributed by atoms with Gasteiger partial charge in [-0.2, -0.15) is 0 Å². The number of aromatic nitrogens is 2. The van der Waals surface area contributed by atoms with Gasteiger partial charge in [0.25, 0.3) is 0 Å². The van der Waals surface area contributed by atoms with Crippen LogP contribution in [0.1, 0.15) is 56.8 Å². The summed E-state index contributed by atoms with van der Waals surface area (Å²) in [5.74, 6) is 0.903. The quantitative estimate of drug-likeness (QED) is 0.905. The molecule has 0 spiro atoms. The van der Waals surface area contributed by atoms with Gasteiger partial charge in [-0.25, -0.2) is 4.98 Å². The largest absolute Gasteiger partial charge is 0.352 e. The second kappa shape index (κ2) is 6.48. The number of nitrogens with zero attached hydrogens (tertiary/aromatic N) is 3. The van der Waals surface area contributed by atoms with Crippen LogP contribution in [0.15, 0.2) is 11.6 Å². The van der Waals surface area contributed by atoms with Crippen LogP contribution in [-0.2, 0) is 11.3 Å². The van der Waals surface area contributed by atoms with Crippen molar-refractivity contribution in [3.05, 3.63) is 23.0 Å². The average molecular weight is 346 g/mol. The van der Waals surface area contributed by atoms with Crippen molar-refractivity contribution in [2.75, 3.05) is 13.1 Å². The summed E-state index contributed by atoms with van der Waals surface area (Å²) in [7, 11) is 0. The van der Waals surface area contributed by atoms with E-state index in [1.807, 2.05) is 13.8 Å². The maximum Gasteiger partial charge on any atom is 0.222 e. The summed E-state index contributed by atoms with van der Waals surface area (Å²) in [6.07, 6.45) is 6.95. The van der Waals surface area contributed by atoms with Crippen LogP contribution in [0, 0.1) is 5.92 Å². The maximum atomic E-state index is 12.0. The number of carbonyl (C=O) groups is 1. The predicted molar refractivity (Wildman–Crippen MR) is 96.3 cm³/mol. The van der Waals surface area contributed by atoms with E-state index in [0.29, 0.717) is 5.92 Å². The highest BCUT2D eigenvalue weighted by Crippen LogP contribution is 2.42. The van der Waals surface area contributed by atoms with Gasteiger partial charge in [0.2, 0.25) is 5.91 Å². The number of rotatable bonds is 5. The number of thiazole rings is 1. The molecule has 6 heteroatoms. The van der Waals surface area contributed by atoms with Crippen molar-refractivity contribution < 1.29 is 4.79 Å². The summed E-state index contributed by atoms with van der Waals surface area (Å²) in [6.45, 7) is 6.90. The molecule has 2 fully saturated rings. The van der Waals surface area contributed by atoms with Crippen molar-refractivity contribution in [2.45, 2.75) is 58.0 Å². The number of fused-ring (bicyclic) bond motifs is 1. The number of hydrogen-bond acceptors (Lipinski definition) is 4. The molecule has 0 aromatic carbocycles. The maximum absolute atomic E-state index is 12.0. The van der Waals surface area contributed by atoms with Crippen molar-refractivity contribution in [3.63, 3.8) is 0 Å². The molecule has 3 heterocycles. The number of amides is 1. The molecule has 0 radical (unpaired) electrons. The van der Waals surface area contributed by atoms with E-state index < -0.39 is 0 Å². The summed E-state index contributed by atoms with van der Waals surface area (Å²) < 4.78 is 2.27. The Hall–Kier alpha value is -1.40. The number of piperidine rings is 1. The Balaban J connectivity index is 1.48. The molecule has 1 amide bonds. The highest BCUT2D eigenvalue weighted by atomic mass is 32.1. The van der Waals surface area contributed by atoms with Gasteiger partial charge in [-0.3, -0.25) is 14.1 Å². The zero-order valence-electron chi connectivity index (χ0n) is 14.5. The first kappa shape index (κ1) is 16.1. The van der Waals surface area contributed by atoms with Gasteiger partial charge in [0.05, 0.1) is 11.4 Å². The van der Waals surface area contributed by atoms with Gasteiger partial charge < -0.3 is 5.32 Å². The van der Waals surface area contributed by atoms with Crippen molar-refractivity contribution in [1.82, 2.24) is 19.6 Å². The molecule has 130 valence electrons. The van der Waals surface area contributed by atoms with E-state index in [4.69, 9.17) is 4.98 Å².